The van der Waals surface area contributed by atoms with Gasteiger partial charge in [0.2, 0.25) is 17.8 Å². The van der Waals surface area contributed by atoms with E-state index in [1.807, 2.05) is 7.05 Å². The van der Waals surface area contributed by atoms with Crippen LogP contribution < -0.4 is 25.6 Å². The van der Waals surface area contributed by atoms with Crippen LogP contribution in [-0.4, -0.2) is 54.3 Å². The van der Waals surface area contributed by atoms with Crippen LogP contribution in [0, 0.1) is 11.7 Å². The van der Waals surface area contributed by atoms with Gasteiger partial charge in [0.25, 0.3) is 0 Å². The molecule has 8 nitrogen and oxygen atoms in total. The van der Waals surface area contributed by atoms with Gasteiger partial charge in [-0.15, -0.1) is 0 Å². The van der Waals surface area contributed by atoms with E-state index in [2.05, 4.69) is 37.7 Å². The number of hydrogen-bond acceptors (Lipinski definition) is 8. The first-order valence-electron chi connectivity index (χ1n) is 12.6. The molecule has 1 saturated heterocycles. The Morgan fingerprint density at radius 2 is 1.91 bits per heavy atom. The number of nitrogens with zero attached hydrogens (tertiary/aromatic N) is 4. The molecule has 2 atom stereocenters. The van der Waals surface area contributed by atoms with E-state index in [9.17, 15) is 4.39 Å². The summed E-state index contributed by atoms with van der Waals surface area (Å²) in [5.74, 6) is 1.97. The minimum absolute atomic E-state index is 0.200. The number of ether oxygens (including phenoxy) is 1. The topological polar surface area (TPSA) is 87.2 Å². The minimum atomic E-state index is -0.437. The van der Waals surface area contributed by atoms with Gasteiger partial charge in [-0.2, -0.15) is 15.0 Å². The average molecular weight is 472 g/mol. The second kappa shape index (κ2) is 11.6. The molecular weight excluding hydrogens is 433 g/mol. The Morgan fingerprint density at radius 1 is 1.12 bits per heavy atom. The van der Waals surface area contributed by atoms with Crippen molar-refractivity contribution in [2.24, 2.45) is 5.92 Å². The van der Waals surface area contributed by atoms with E-state index < -0.39 is 5.82 Å². The number of methoxy groups -OCH3 is 1. The number of benzene rings is 1. The lowest BCUT2D eigenvalue weighted by atomic mass is 9.89. The summed E-state index contributed by atoms with van der Waals surface area (Å²) in [7, 11) is 3.49. The summed E-state index contributed by atoms with van der Waals surface area (Å²) < 4.78 is 19.3. The van der Waals surface area contributed by atoms with Gasteiger partial charge in [0.1, 0.15) is 0 Å². The van der Waals surface area contributed by atoms with Crippen molar-refractivity contribution >= 4 is 23.5 Å². The van der Waals surface area contributed by atoms with Crippen LogP contribution in [0.5, 0.6) is 5.75 Å². The molecule has 0 spiro atoms. The molecule has 2 fully saturated rings. The van der Waals surface area contributed by atoms with E-state index in [1.165, 1.54) is 51.7 Å². The standard InChI is InChI=1S/C25H38FN7O/c1-4-20(21-11-8-14-27-21)29-24-30-23(28-18-12-13-22(34-3)19(26)15-18)31-25(32-24)33(2)16-17-9-6-5-7-10-17/h12-13,15,17,20-21,27H,4-11,14,16H2,1-3H3,(H2,28,29,30,31,32). The molecule has 2 heterocycles. The Kier molecular flexibility index (Phi) is 8.37. The van der Waals surface area contributed by atoms with Crippen molar-refractivity contribution in [3.05, 3.63) is 24.0 Å². The van der Waals surface area contributed by atoms with Gasteiger partial charge < -0.3 is 25.6 Å². The summed E-state index contributed by atoms with van der Waals surface area (Å²) in [6.07, 6.45) is 9.72. The van der Waals surface area contributed by atoms with Gasteiger partial charge in [0.05, 0.1) is 7.11 Å². The molecule has 1 aromatic heterocycles. The average Bonchev–Trinajstić information content (AvgIpc) is 3.38. The van der Waals surface area contributed by atoms with Crippen molar-refractivity contribution < 1.29 is 9.13 Å². The molecule has 186 valence electrons. The fraction of sp³-hybridized carbons (Fsp3) is 0.640. The van der Waals surface area contributed by atoms with Crippen LogP contribution in [0.4, 0.5) is 27.9 Å². The summed E-state index contributed by atoms with van der Waals surface area (Å²) in [4.78, 5) is 16.2. The molecule has 9 heteroatoms. The molecule has 0 radical (unpaired) electrons. The molecule has 0 bridgehead atoms. The van der Waals surface area contributed by atoms with E-state index in [4.69, 9.17) is 9.72 Å². The number of hydrogen-bond donors (Lipinski definition) is 3. The normalized spacial score (nSPS) is 19.6. The molecule has 1 aliphatic carbocycles. The number of aromatic nitrogens is 3. The van der Waals surface area contributed by atoms with Crippen LogP contribution in [-0.2, 0) is 0 Å². The highest BCUT2D eigenvalue weighted by atomic mass is 19.1. The van der Waals surface area contributed by atoms with Gasteiger partial charge >= 0.3 is 0 Å². The van der Waals surface area contributed by atoms with Crippen molar-refractivity contribution in [2.75, 3.05) is 42.8 Å². The van der Waals surface area contributed by atoms with Crippen molar-refractivity contribution in [2.45, 2.75) is 70.4 Å². The monoisotopic (exact) mass is 471 g/mol. The highest BCUT2D eigenvalue weighted by molar-refractivity contribution is 5.57. The Labute approximate surface area is 202 Å². The van der Waals surface area contributed by atoms with Crippen LogP contribution in [0.15, 0.2) is 18.2 Å². The number of anilines is 4. The molecule has 2 unspecified atom stereocenters. The Hall–Kier alpha value is -2.68. The zero-order chi connectivity index (χ0) is 23.9. The molecule has 1 aromatic carbocycles. The Balaban J connectivity index is 1.57. The van der Waals surface area contributed by atoms with Crippen LogP contribution in [0.1, 0.15) is 58.3 Å². The Bertz CT molecular complexity index is 931. The van der Waals surface area contributed by atoms with E-state index in [0.29, 0.717) is 35.5 Å². The van der Waals surface area contributed by atoms with Gasteiger partial charge in [-0.3, -0.25) is 0 Å². The largest absolute Gasteiger partial charge is 0.494 e. The lowest BCUT2D eigenvalue weighted by molar-refractivity contribution is 0.361. The van der Waals surface area contributed by atoms with Crippen molar-refractivity contribution in [3.8, 4) is 5.75 Å². The first-order chi connectivity index (χ1) is 16.6. The van der Waals surface area contributed by atoms with Gasteiger partial charge in [-0.05, 0) is 56.7 Å². The first-order valence-corrected chi connectivity index (χ1v) is 12.6. The maximum atomic E-state index is 14.2. The predicted octanol–water partition coefficient (Wildman–Crippen LogP) is 4.72. The van der Waals surface area contributed by atoms with Crippen LogP contribution in [0.3, 0.4) is 0 Å². The second-order valence-corrected chi connectivity index (χ2v) is 9.50. The quantitative estimate of drug-likeness (QED) is 0.459. The highest BCUT2D eigenvalue weighted by Crippen LogP contribution is 2.27. The molecule has 1 saturated carbocycles. The van der Waals surface area contributed by atoms with E-state index >= 15 is 0 Å². The molecule has 1 aliphatic heterocycles. The lowest BCUT2D eigenvalue weighted by Gasteiger charge is -2.28. The van der Waals surface area contributed by atoms with Gasteiger partial charge in [0.15, 0.2) is 11.6 Å². The third kappa shape index (κ3) is 6.25. The van der Waals surface area contributed by atoms with Crippen LogP contribution in [0.2, 0.25) is 0 Å². The third-order valence-electron chi connectivity index (χ3n) is 6.97. The molecule has 2 aromatic rings. The summed E-state index contributed by atoms with van der Waals surface area (Å²) in [5.41, 5.74) is 0.556. The first kappa shape index (κ1) is 24.4. The molecule has 3 N–H and O–H groups in total. The van der Waals surface area contributed by atoms with Crippen LogP contribution >= 0.6 is 0 Å². The minimum Gasteiger partial charge on any atom is -0.494 e. The van der Waals surface area contributed by atoms with Crippen molar-refractivity contribution in [3.63, 3.8) is 0 Å². The summed E-state index contributed by atoms with van der Waals surface area (Å²) in [5, 5.41) is 10.3. The van der Waals surface area contributed by atoms with Crippen molar-refractivity contribution in [1.29, 1.82) is 0 Å². The number of rotatable bonds is 10. The zero-order valence-corrected chi connectivity index (χ0v) is 20.6. The molecule has 34 heavy (non-hydrogen) atoms. The third-order valence-corrected chi connectivity index (χ3v) is 6.97. The fourth-order valence-corrected chi connectivity index (χ4v) is 5.08. The lowest BCUT2D eigenvalue weighted by Crippen LogP contribution is -2.40. The SMILES string of the molecule is CCC(Nc1nc(Nc2ccc(OC)c(F)c2)nc(N(C)CC2CCCCC2)n1)C1CCCN1. The van der Waals surface area contributed by atoms with Gasteiger partial charge in [-0.25, -0.2) is 4.39 Å². The summed E-state index contributed by atoms with van der Waals surface area (Å²) >= 11 is 0. The highest BCUT2D eigenvalue weighted by Gasteiger charge is 2.25. The molecule has 0 amide bonds. The maximum absolute atomic E-state index is 14.2. The molecular formula is C25H38FN7O. The van der Waals surface area contributed by atoms with E-state index in [-0.39, 0.29) is 11.8 Å². The maximum Gasteiger partial charge on any atom is 0.233 e. The van der Waals surface area contributed by atoms with E-state index in [0.717, 1.165) is 25.9 Å². The molecule has 4 rings (SSSR count). The molecule has 2 aliphatic rings. The summed E-state index contributed by atoms with van der Waals surface area (Å²) in [6.45, 7) is 4.14. The fourth-order valence-electron chi connectivity index (χ4n) is 5.08. The van der Waals surface area contributed by atoms with E-state index in [1.54, 1.807) is 12.1 Å². The Morgan fingerprint density at radius 3 is 2.59 bits per heavy atom. The van der Waals surface area contributed by atoms with Gasteiger partial charge in [0, 0.05) is 37.4 Å². The van der Waals surface area contributed by atoms with Gasteiger partial charge in [-0.1, -0.05) is 26.2 Å². The van der Waals surface area contributed by atoms with Crippen LogP contribution in [0.25, 0.3) is 0 Å². The van der Waals surface area contributed by atoms with Crippen molar-refractivity contribution in [1.82, 2.24) is 20.3 Å². The predicted molar refractivity (Wildman–Crippen MR) is 135 cm³/mol. The number of nitrogens with one attached hydrogen (secondary N) is 3. The zero-order valence-electron chi connectivity index (χ0n) is 20.6. The number of halogens is 1. The smallest absolute Gasteiger partial charge is 0.233 e. The second-order valence-electron chi connectivity index (χ2n) is 9.50. The summed E-state index contributed by atoms with van der Waals surface area (Å²) in [6, 6.07) is 5.36.